The van der Waals surface area contributed by atoms with Gasteiger partial charge in [-0.3, -0.25) is 14.3 Å². The van der Waals surface area contributed by atoms with Crippen LogP contribution in [-0.2, 0) is 25.6 Å². The Morgan fingerprint density at radius 1 is 0.571 bits per heavy atom. The summed E-state index contributed by atoms with van der Waals surface area (Å²) in [6, 6.07) is 1.96. The summed E-state index contributed by atoms with van der Waals surface area (Å²) in [6.45, 7) is 8.14. The van der Waals surface area contributed by atoms with Crippen LogP contribution in [0.3, 0.4) is 0 Å². The second-order valence-electron chi connectivity index (χ2n) is 18.7. The van der Waals surface area contributed by atoms with E-state index in [1.165, 1.54) is 141 Å². The molecule has 0 bridgehead atoms. The fraction of sp³-hybridized carbons (Fsp3) is 0.836. The molecule has 8 nitrogen and oxygen atoms in total. The number of aliphatic hydroxyl groups is 1. The lowest BCUT2D eigenvalue weighted by Crippen LogP contribution is -2.34. The van der Waals surface area contributed by atoms with Gasteiger partial charge in [0.15, 0.2) is 0 Å². The van der Waals surface area contributed by atoms with Crippen molar-refractivity contribution in [2.24, 2.45) is 5.92 Å². The van der Waals surface area contributed by atoms with Crippen molar-refractivity contribution in [2.75, 3.05) is 33.4 Å². The second kappa shape index (κ2) is 46.1. The van der Waals surface area contributed by atoms with Crippen molar-refractivity contribution in [3.63, 3.8) is 0 Å². The quantitative estimate of drug-likeness (QED) is 0.0396. The summed E-state index contributed by atoms with van der Waals surface area (Å²) in [5.41, 5.74) is 0. The number of ether oxygens (including phenoxy) is 2. The molecule has 1 heterocycles. The van der Waals surface area contributed by atoms with E-state index in [9.17, 15) is 14.7 Å². The molecule has 0 amide bonds. The number of nitrogens with zero attached hydrogens (tertiary/aromatic N) is 3. The monoisotopic (exact) mass is 884 g/mol. The average molecular weight is 884 g/mol. The molecule has 0 saturated carbocycles. The summed E-state index contributed by atoms with van der Waals surface area (Å²) in [4.78, 5) is 27.0. The molecule has 1 N–H and O–H groups in total. The van der Waals surface area contributed by atoms with Gasteiger partial charge in [-0.05, 0) is 135 Å². The standard InChI is InChI=1S/C55H101N3O5/c1-4-6-8-10-12-14-16-18-20-22-24-26-28-30-34-43-54(60)62-49-37-32-33-42-53(59)52(51-57(3)46-40-48-58-47-39-45-56-58)41-36-38-50-63-55(61)44-35-31-29-27-25-23-21-19-17-15-13-11-9-7-5-2/h18-21,39,45,47,52-53,59H,4-17,22-38,40-44,46,48-51H2,1-3H3/b20-18-,21-19-. The fourth-order valence-corrected chi connectivity index (χ4v) is 8.41. The number of aryl methyl sites for hydroxylation is 1. The highest BCUT2D eigenvalue weighted by Crippen LogP contribution is 2.20. The number of rotatable bonds is 48. The Hall–Kier alpha value is -2.45. The number of carbonyl (C=O) groups excluding carboxylic acids is 2. The fourth-order valence-electron chi connectivity index (χ4n) is 8.41. The van der Waals surface area contributed by atoms with Gasteiger partial charge in [0.05, 0.1) is 19.3 Å². The number of esters is 2. The maximum atomic E-state index is 12.4. The van der Waals surface area contributed by atoms with Crippen LogP contribution >= 0.6 is 0 Å². The van der Waals surface area contributed by atoms with Crippen LogP contribution < -0.4 is 0 Å². The van der Waals surface area contributed by atoms with Gasteiger partial charge in [-0.2, -0.15) is 5.10 Å². The van der Waals surface area contributed by atoms with Gasteiger partial charge in [0, 0.05) is 38.3 Å². The summed E-state index contributed by atoms with van der Waals surface area (Å²) in [6.07, 6.45) is 53.5. The first-order valence-corrected chi connectivity index (χ1v) is 26.9. The topological polar surface area (TPSA) is 93.9 Å². The Morgan fingerprint density at radius 3 is 1.48 bits per heavy atom. The molecular weight excluding hydrogens is 783 g/mol. The van der Waals surface area contributed by atoms with Crippen LogP contribution in [0.4, 0.5) is 0 Å². The Bertz CT molecular complexity index is 1170. The van der Waals surface area contributed by atoms with Crippen LogP contribution in [0, 0.1) is 5.92 Å². The van der Waals surface area contributed by atoms with Crippen molar-refractivity contribution in [3.05, 3.63) is 42.8 Å². The van der Waals surface area contributed by atoms with E-state index in [2.05, 4.69) is 55.2 Å². The van der Waals surface area contributed by atoms with E-state index >= 15 is 0 Å². The highest BCUT2D eigenvalue weighted by atomic mass is 16.5. The number of carbonyl (C=O) groups is 2. The van der Waals surface area contributed by atoms with Crippen molar-refractivity contribution in [2.45, 2.75) is 258 Å². The maximum Gasteiger partial charge on any atom is 0.305 e. The minimum absolute atomic E-state index is 0.0722. The molecular formula is C55H101N3O5. The largest absolute Gasteiger partial charge is 0.466 e. The van der Waals surface area contributed by atoms with E-state index in [1.807, 2.05) is 23.1 Å². The number of allylic oxidation sites excluding steroid dienone is 4. The van der Waals surface area contributed by atoms with E-state index in [0.717, 1.165) is 96.7 Å². The van der Waals surface area contributed by atoms with Crippen LogP contribution in [0.15, 0.2) is 42.8 Å². The smallest absolute Gasteiger partial charge is 0.305 e. The van der Waals surface area contributed by atoms with Gasteiger partial charge >= 0.3 is 11.9 Å². The molecule has 1 rings (SSSR count). The molecule has 0 aliphatic carbocycles. The molecule has 1 aromatic rings. The summed E-state index contributed by atoms with van der Waals surface area (Å²) in [5.74, 6) is 0.0161. The molecule has 366 valence electrons. The SMILES string of the molecule is CCCCCCCC/C=C\CCCCCCCC(=O)OCCCCCC(O)C(CCCCOC(=O)CCCCCCC/C=C\CCCCCCCC)CN(C)CCCn1cccn1. The first kappa shape index (κ1) is 58.6. The zero-order chi connectivity index (χ0) is 45.5. The number of unbranched alkanes of at least 4 members (excludes halogenated alkanes) is 25. The third-order valence-electron chi connectivity index (χ3n) is 12.5. The molecule has 63 heavy (non-hydrogen) atoms. The number of aromatic nitrogens is 2. The van der Waals surface area contributed by atoms with Crippen molar-refractivity contribution in [3.8, 4) is 0 Å². The lowest BCUT2D eigenvalue weighted by Gasteiger charge is -2.28. The molecule has 8 heteroatoms. The third kappa shape index (κ3) is 40.8. The predicted octanol–water partition coefficient (Wildman–Crippen LogP) is 15.1. The molecule has 0 spiro atoms. The van der Waals surface area contributed by atoms with E-state index in [0.29, 0.717) is 26.1 Å². The molecule has 2 unspecified atom stereocenters. The summed E-state index contributed by atoms with van der Waals surface area (Å²) >= 11 is 0. The third-order valence-corrected chi connectivity index (χ3v) is 12.5. The van der Waals surface area contributed by atoms with Crippen molar-refractivity contribution in [1.29, 1.82) is 0 Å². The first-order chi connectivity index (χ1) is 31.0. The summed E-state index contributed by atoms with van der Waals surface area (Å²) < 4.78 is 13.1. The van der Waals surface area contributed by atoms with Crippen LogP contribution in [-0.4, -0.2) is 71.2 Å². The highest BCUT2D eigenvalue weighted by Gasteiger charge is 2.21. The first-order valence-electron chi connectivity index (χ1n) is 26.9. The van der Waals surface area contributed by atoms with Gasteiger partial charge in [-0.25, -0.2) is 0 Å². The average Bonchev–Trinajstić information content (AvgIpc) is 3.80. The number of aliphatic hydroxyl groups excluding tert-OH is 1. The van der Waals surface area contributed by atoms with Gasteiger partial charge in [-0.15, -0.1) is 0 Å². The molecule has 0 radical (unpaired) electrons. The van der Waals surface area contributed by atoms with Gasteiger partial charge in [0.25, 0.3) is 0 Å². The molecule has 0 aliphatic heterocycles. The van der Waals surface area contributed by atoms with Crippen molar-refractivity contribution >= 4 is 11.9 Å². The van der Waals surface area contributed by atoms with Gasteiger partial charge in [0.2, 0.25) is 0 Å². The second-order valence-corrected chi connectivity index (χ2v) is 18.7. The molecule has 0 fully saturated rings. The van der Waals surface area contributed by atoms with Crippen LogP contribution in [0.2, 0.25) is 0 Å². The zero-order valence-electron chi connectivity index (χ0n) is 41.6. The van der Waals surface area contributed by atoms with Crippen molar-refractivity contribution in [1.82, 2.24) is 14.7 Å². The number of hydrogen-bond acceptors (Lipinski definition) is 7. The lowest BCUT2D eigenvalue weighted by atomic mass is 9.91. The molecule has 1 aromatic heterocycles. The predicted molar refractivity (Wildman–Crippen MR) is 267 cm³/mol. The molecule has 0 saturated heterocycles. The van der Waals surface area contributed by atoms with Gasteiger partial charge < -0.3 is 19.5 Å². The van der Waals surface area contributed by atoms with E-state index < -0.39 is 0 Å². The minimum atomic E-state index is -0.383. The van der Waals surface area contributed by atoms with E-state index in [4.69, 9.17) is 9.47 Å². The Morgan fingerprint density at radius 2 is 1.00 bits per heavy atom. The Kier molecular flexibility index (Phi) is 42.8. The Balaban J connectivity index is 2.17. The normalized spacial score (nSPS) is 12.8. The summed E-state index contributed by atoms with van der Waals surface area (Å²) in [5, 5.41) is 15.7. The minimum Gasteiger partial charge on any atom is -0.466 e. The van der Waals surface area contributed by atoms with Gasteiger partial charge in [-0.1, -0.05) is 147 Å². The van der Waals surface area contributed by atoms with Gasteiger partial charge in [0.1, 0.15) is 0 Å². The maximum absolute atomic E-state index is 12.4. The summed E-state index contributed by atoms with van der Waals surface area (Å²) in [7, 11) is 2.14. The van der Waals surface area contributed by atoms with Crippen molar-refractivity contribution < 1.29 is 24.2 Å². The zero-order valence-corrected chi connectivity index (χ0v) is 41.6. The van der Waals surface area contributed by atoms with E-state index in [1.54, 1.807) is 0 Å². The Labute approximate surface area is 389 Å². The highest BCUT2D eigenvalue weighted by molar-refractivity contribution is 5.69. The molecule has 0 aromatic carbocycles. The molecule has 0 aliphatic rings. The number of hydrogen-bond donors (Lipinski definition) is 1. The van der Waals surface area contributed by atoms with E-state index in [-0.39, 0.29) is 24.0 Å². The lowest BCUT2D eigenvalue weighted by molar-refractivity contribution is -0.144. The van der Waals surface area contributed by atoms with Crippen LogP contribution in [0.1, 0.15) is 245 Å². The van der Waals surface area contributed by atoms with Crippen LogP contribution in [0.5, 0.6) is 0 Å². The van der Waals surface area contributed by atoms with Crippen LogP contribution in [0.25, 0.3) is 0 Å². The molecule has 2 atom stereocenters.